The molecule has 0 saturated heterocycles. The van der Waals surface area contributed by atoms with E-state index < -0.39 is 0 Å². The summed E-state index contributed by atoms with van der Waals surface area (Å²) in [5, 5.41) is 4.28. The number of hydrogen-bond donors (Lipinski definition) is 0. The molecule has 0 unspecified atom stereocenters. The summed E-state index contributed by atoms with van der Waals surface area (Å²) in [6.07, 6.45) is 1.77. The van der Waals surface area contributed by atoms with E-state index in [1.165, 1.54) is 12.1 Å². The van der Waals surface area contributed by atoms with E-state index in [0.29, 0.717) is 0 Å². The lowest BCUT2D eigenvalue weighted by Crippen LogP contribution is -2.17. The van der Waals surface area contributed by atoms with Crippen LogP contribution in [-0.4, -0.2) is 9.78 Å². The number of benzene rings is 1. The Hall–Kier alpha value is -1.64. The van der Waals surface area contributed by atoms with Crippen molar-refractivity contribution in [2.45, 2.75) is 26.2 Å². The van der Waals surface area contributed by atoms with Crippen molar-refractivity contribution in [3.05, 3.63) is 48.0 Å². The van der Waals surface area contributed by atoms with Crippen LogP contribution in [0.4, 0.5) is 4.39 Å². The molecule has 16 heavy (non-hydrogen) atoms. The molecule has 0 aliphatic rings. The van der Waals surface area contributed by atoms with E-state index in [9.17, 15) is 4.39 Å². The molecule has 2 rings (SSSR count). The van der Waals surface area contributed by atoms with Gasteiger partial charge in [-0.2, -0.15) is 5.10 Å². The number of nitrogens with zero attached hydrogens (tertiary/aromatic N) is 2. The molecule has 1 heterocycles. The third kappa shape index (κ3) is 1.98. The molecule has 0 saturated carbocycles. The van der Waals surface area contributed by atoms with E-state index in [1.54, 1.807) is 18.3 Å². The van der Waals surface area contributed by atoms with E-state index in [2.05, 4.69) is 25.9 Å². The van der Waals surface area contributed by atoms with Crippen LogP contribution in [0.5, 0.6) is 0 Å². The molecule has 2 aromatic rings. The average Bonchev–Trinajstić information content (AvgIpc) is 2.66. The van der Waals surface area contributed by atoms with Crippen molar-refractivity contribution < 1.29 is 4.39 Å². The van der Waals surface area contributed by atoms with Crippen LogP contribution < -0.4 is 0 Å². The summed E-state index contributed by atoms with van der Waals surface area (Å²) in [4.78, 5) is 0. The lowest BCUT2D eigenvalue weighted by Gasteiger charge is -2.20. The molecule has 84 valence electrons. The van der Waals surface area contributed by atoms with Gasteiger partial charge in [-0.25, -0.2) is 9.07 Å². The third-order valence-corrected chi connectivity index (χ3v) is 2.48. The first-order chi connectivity index (χ1) is 7.48. The highest BCUT2D eigenvalue weighted by Gasteiger charge is 2.19. The van der Waals surface area contributed by atoms with E-state index in [4.69, 9.17) is 0 Å². The number of halogens is 1. The summed E-state index contributed by atoms with van der Waals surface area (Å²) in [6.45, 7) is 6.39. The predicted octanol–water partition coefficient (Wildman–Crippen LogP) is 3.31. The standard InChI is InChI=1S/C13H15FN2/c1-13(2,3)12-8-9-15-16(12)11-6-4-10(14)5-7-11/h4-9H,1-3H3. The highest BCUT2D eigenvalue weighted by molar-refractivity contribution is 5.34. The Bertz CT molecular complexity index is 477. The maximum absolute atomic E-state index is 12.8. The molecule has 0 spiro atoms. The van der Waals surface area contributed by atoms with Gasteiger partial charge >= 0.3 is 0 Å². The lowest BCUT2D eigenvalue weighted by molar-refractivity contribution is 0.543. The second-order valence-corrected chi connectivity index (χ2v) is 4.85. The zero-order chi connectivity index (χ0) is 11.8. The van der Waals surface area contributed by atoms with Gasteiger partial charge in [0.1, 0.15) is 5.82 Å². The van der Waals surface area contributed by atoms with E-state index >= 15 is 0 Å². The van der Waals surface area contributed by atoms with Crippen LogP contribution in [0.3, 0.4) is 0 Å². The number of hydrogen-bond acceptors (Lipinski definition) is 1. The second kappa shape index (κ2) is 3.74. The first-order valence-corrected chi connectivity index (χ1v) is 5.29. The minimum Gasteiger partial charge on any atom is -0.237 e. The molecule has 0 fully saturated rings. The molecule has 0 aliphatic heterocycles. The van der Waals surface area contributed by atoms with Crippen molar-refractivity contribution in [3.63, 3.8) is 0 Å². The molecule has 0 N–H and O–H groups in total. The summed E-state index contributed by atoms with van der Waals surface area (Å²) >= 11 is 0. The highest BCUT2D eigenvalue weighted by Crippen LogP contribution is 2.24. The van der Waals surface area contributed by atoms with Gasteiger partial charge in [0, 0.05) is 17.3 Å². The quantitative estimate of drug-likeness (QED) is 0.718. The van der Waals surface area contributed by atoms with Gasteiger partial charge in [-0.15, -0.1) is 0 Å². The van der Waals surface area contributed by atoms with Gasteiger partial charge in [-0.1, -0.05) is 20.8 Å². The van der Waals surface area contributed by atoms with Crippen molar-refractivity contribution >= 4 is 0 Å². The Morgan fingerprint density at radius 1 is 1.06 bits per heavy atom. The summed E-state index contributed by atoms with van der Waals surface area (Å²) < 4.78 is 14.7. The maximum Gasteiger partial charge on any atom is 0.123 e. The number of aromatic nitrogens is 2. The Kier molecular flexibility index (Phi) is 2.54. The molecule has 0 bridgehead atoms. The van der Waals surface area contributed by atoms with Gasteiger partial charge in [0.2, 0.25) is 0 Å². The summed E-state index contributed by atoms with van der Waals surface area (Å²) in [6, 6.07) is 8.35. The van der Waals surface area contributed by atoms with Crippen molar-refractivity contribution in [2.24, 2.45) is 0 Å². The second-order valence-electron chi connectivity index (χ2n) is 4.85. The molecule has 0 amide bonds. The Labute approximate surface area is 94.7 Å². The van der Waals surface area contributed by atoms with Crippen molar-refractivity contribution in [1.82, 2.24) is 9.78 Å². The minimum absolute atomic E-state index is 0.0187. The molecular formula is C13H15FN2. The fourth-order valence-electron chi connectivity index (χ4n) is 1.66. The van der Waals surface area contributed by atoms with Crippen LogP contribution in [-0.2, 0) is 5.41 Å². The van der Waals surface area contributed by atoms with Crippen LogP contribution in [0.15, 0.2) is 36.5 Å². The first kappa shape index (κ1) is 10.9. The molecule has 3 heteroatoms. The minimum atomic E-state index is -0.229. The Morgan fingerprint density at radius 2 is 1.69 bits per heavy atom. The average molecular weight is 218 g/mol. The topological polar surface area (TPSA) is 17.8 Å². The monoisotopic (exact) mass is 218 g/mol. The molecule has 2 nitrogen and oxygen atoms in total. The highest BCUT2D eigenvalue weighted by atomic mass is 19.1. The van der Waals surface area contributed by atoms with Crippen molar-refractivity contribution in [2.75, 3.05) is 0 Å². The molecule has 1 aromatic heterocycles. The van der Waals surface area contributed by atoms with Gasteiger partial charge < -0.3 is 0 Å². The van der Waals surface area contributed by atoms with Crippen LogP contribution in [0.1, 0.15) is 26.5 Å². The Balaban J connectivity index is 2.49. The third-order valence-electron chi connectivity index (χ3n) is 2.48. The van der Waals surface area contributed by atoms with Crippen LogP contribution in [0.2, 0.25) is 0 Å². The maximum atomic E-state index is 12.8. The van der Waals surface area contributed by atoms with Crippen LogP contribution in [0, 0.1) is 5.82 Å². The largest absolute Gasteiger partial charge is 0.237 e. The smallest absolute Gasteiger partial charge is 0.123 e. The van der Waals surface area contributed by atoms with E-state index in [-0.39, 0.29) is 11.2 Å². The summed E-state index contributed by atoms with van der Waals surface area (Å²) in [5.41, 5.74) is 2.01. The fourth-order valence-corrected chi connectivity index (χ4v) is 1.66. The van der Waals surface area contributed by atoms with E-state index in [0.717, 1.165) is 11.4 Å². The lowest BCUT2D eigenvalue weighted by atomic mass is 9.92. The zero-order valence-electron chi connectivity index (χ0n) is 9.74. The molecule has 0 aliphatic carbocycles. The molecule has 1 aromatic carbocycles. The SMILES string of the molecule is CC(C)(C)c1ccnn1-c1ccc(F)cc1. The van der Waals surface area contributed by atoms with Crippen LogP contribution >= 0.6 is 0 Å². The summed E-state index contributed by atoms with van der Waals surface area (Å²) in [5.74, 6) is -0.229. The Morgan fingerprint density at radius 3 is 2.25 bits per heavy atom. The van der Waals surface area contributed by atoms with Crippen molar-refractivity contribution in [1.29, 1.82) is 0 Å². The van der Waals surface area contributed by atoms with Gasteiger partial charge in [0.05, 0.1) is 5.69 Å². The first-order valence-electron chi connectivity index (χ1n) is 5.29. The van der Waals surface area contributed by atoms with Gasteiger partial charge in [0.15, 0.2) is 0 Å². The summed E-state index contributed by atoms with van der Waals surface area (Å²) in [7, 11) is 0. The van der Waals surface area contributed by atoms with Crippen LogP contribution in [0.25, 0.3) is 5.69 Å². The van der Waals surface area contributed by atoms with Gasteiger partial charge in [-0.05, 0) is 30.3 Å². The van der Waals surface area contributed by atoms with Crippen molar-refractivity contribution in [3.8, 4) is 5.69 Å². The molecule has 0 atom stereocenters. The van der Waals surface area contributed by atoms with E-state index in [1.807, 2.05) is 10.7 Å². The van der Waals surface area contributed by atoms with Gasteiger partial charge in [0.25, 0.3) is 0 Å². The van der Waals surface area contributed by atoms with Gasteiger partial charge in [-0.3, -0.25) is 0 Å². The number of rotatable bonds is 1. The predicted molar refractivity (Wildman–Crippen MR) is 62.2 cm³/mol. The normalized spacial score (nSPS) is 11.8. The molecule has 0 radical (unpaired) electrons. The fraction of sp³-hybridized carbons (Fsp3) is 0.308. The zero-order valence-corrected chi connectivity index (χ0v) is 9.74. The molecular weight excluding hydrogens is 203 g/mol.